The number of nitrogens with one attached hydrogen (secondary N) is 2. The molecule has 0 aromatic heterocycles. The van der Waals surface area contributed by atoms with Crippen LogP contribution >= 0.6 is 0 Å². The average molecular weight is 386 g/mol. The van der Waals surface area contributed by atoms with Crippen molar-refractivity contribution in [2.75, 3.05) is 0 Å². The monoisotopic (exact) mass is 386 g/mol. The van der Waals surface area contributed by atoms with Crippen LogP contribution in [-0.2, 0) is 11.3 Å². The summed E-state index contributed by atoms with van der Waals surface area (Å²) < 4.78 is 0. The summed E-state index contributed by atoms with van der Waals surface area (Å²) in [4.78, 5) is 37.9. The molecule has 2 N–H and O–H groups in total. The molecule has 0 fully saturated rings. The van der Waals surface area contributed by atoms with Crippen molar-refractivity contribution >= 4 is 17.6 Å². The number of benzene rings is 3. The molecular weight excluding hydrogens is 364 g/mol. The second-order valence-electron chi connectivity index (χ2n) is 6.64. The summed E-state index contributed by atoms with van der Waals surface area (Å²) in [5.41, 5.74) is 2.01. The fourth-order valence-electron chi connectivity index (χ4n) is 2.90. The van der Waals surface area contributed by atoms with Crippen LogP contribution in [0.4, 0.5) is 0 Å². The summed E-state index contributed by atoms with van der Waals surface area (Å²) in [6.45, 7) is 1.99. The Kier molecular flexibility index (Phi) is 6.53. The van der Waals surface area contributed by atoms with E-state index in [4.69, 9.17) is 0 Å². The van der Waals surface area contributed by atoms with Gasteiger partial charge in [0.25, 0.3) is 5.91 Å². The van der Waals surface area contributed by atoms with E-state index in [1.54, 1.807) is 55.5 Å². The third-order valence-electron chi connectivity index (χ3n) is 4.50. The van der Waals surface area contributed by atoms with Gasteiger partial charge in [-0.25, -0.2) is 0 Å². The number of amides is 2. The van der Waals surface area contributed by atoms with Gasteiger partial charge in [0.2, 0.25) is 5.91 Å². The Morgan fingerprint density at radius 1 is 0.759 bits per heavy atom. The molecule has 3 rings (SSSR count). The molecular formula is C24H22N2O3. The normalized spacial score (nSPS) is 11.3. The van der Waals surface area contributed by atoms with E-state index in [1.807, 2.05) is 36.4 Å². The van der Waals surface area contributed by atoms with Gasteiger partial charge in [0, 0.05) is 17.7 Å². The summed E-state index contributed by atoms with van der Waals surface area (Å²) in [5.74, 6) is -1.00. The lowest BCUT2D eigenvalue weighted by Crippen LogP contribution is -2.44. The SMILES string of the molecule is CC(NC(=O)c1ccccc1C(=O)c1ccccc1)C(=O)NCc1ccccc1. The number of hydrogen-bond donors (Lipinski definition) is 2. The molecule has 0 radical (unpaired) electrons. The molecule has 1 unspecified atom stereocenters. The maximum Gasteiger partial charge on any atom is 0.252 e. The van der Waals surface area contributed by atoms with Gasteiger partial charge in [0.15, 0.2) is 5.78 Å². The average Bonchev–Trinajstić information content (AvgIpc) is 2.78. The molecule has 146 valence electrons. The van der Waals surface area contributed by atoms with Gasteiger partial charge in [0.05, 0.1) is 5.56 Å². The number of ketones is 1. The topological polar surface area (TPSA) is 75.3 Å². The van der Waals surface area contributed by atoms with Crippen LogP contribution in [0.25, 0.3) is 0 Å². The smallest absolute Gasteiger partial charge is 0.252 e. The minimum absolute atomic E-state index is 0.238. The Bertz CT molecular complexity index is 1000. The lowest BCUT2D eigenvalue weighted by molar-refractivity contribution is -0.122. The number of rotatable bonds is 7. The van der Waals surface area contributed by atoms with Crippen molar-refractivity contribution in [1.82, 2.24) is 10.6 Å². The standard InChI is InChI=1S/C24H22N2O3/c1-17(23(28)25-16-18-10-4-2-5-11-18)26-24(29)21-15-9-8-14-20(21)22(27)19-12-6-3-7-13-19/h2-15,17H,16H2,1H3,(H,25,28)(H,26,29). The fourth-order valence-corrected chi connectivity index (χ4v) is 2.90. The zero-order chi connectivity index (χ0) is 20.6. The largest absolute Gasteiger partial charge is 0.350 e. The van der Waals surface area contributed by atoms with Crippen LogP contribution in [0, 0.1) is 0 Å². The molecule has 0 bridgehead atoms. The van der Waals surface area contributed by atoms with Crippen LogP contribution in [0.1, 0.15) is 38.8 Å². The van der Waals surface area contributed by atoms with E-state index in [1.165, 1.54) is 0 Å². The molecule has 0 saturated heterocycles. The molecule has 0 heterocycles. The zero-order valence-electron chi connectivity index (χ0n) is 16.1. The number of hydrogen-bond acceptors (Lipinski definition) is 3. The molecule has 0 aliphatic heterocycles. The van der Waals surface area contributed by atoms with Crippen LogP contribution in [0.15, 0.2) is 84.9 Å². The zero-order valence-corrected chi connectivity index (χ0v) is 16.1. The number of carbonyl (C=O) groups excluding carboxylic acids is 3. The van der Waals surface area contributed by atoms with E-state index in [2.05, 4.69) is 10.6 Å². The highest BCUT2D eigenvalue weighted by Crippen LogP contribution is 2.15. The van der Waals surface area contributed by atoms with Crippen LogP contribution < -0.4 is 10.6 Å². The summed E-state index contributed by atoms with van der Waals surface area (Å²) in [5, 5.41) is 5.47. The Morgan fingerprint density at radius 3 is 1.97 bits per heavy atom. The van der Waals surface area contributed by atoms with Crippen molar-refractivity contribution in [2.24, 2.45) is 0 Å². The van der Waals surface area contributed by atoms with E-state index in [0.29, 0.717) is 17.7 Å². The van der Waals surface area contributed by atoms with Gasteiger partial charge in [-0.05, 0) is 18.6 Å². The summed E-state index contributed by atoms with van der Waals surface area (Å²) in [7, 11) is 0. The molecule has 0 spiro atoms. The van der Waals surface area contributed by atoms with E-state index >= 15 is 0 Å². The van der Waals surface area contributed by atoms with Crippen molar-refractivity contribution in [2.45, 2.75) is 19.5 Å². The summed E-state index contributed by atoms with van der Waals surface area (Å²) in [6, 6.07) is 24.2. The second-order valence-corrected chi connectivity index (χ2v) is 6.64. The molecule has 5 nitrogen and oxygen atoms in total. The first-order valence-electron chi connectivity index (χ1n) is 9.37. The molecule has 2 amide bonds. The van der Waals surface area contributed by atoms with Gasteiger partial charge in [0.1, 0.15) is 6.04 Å². The lowest BCUT2D eigenvalue weighted by Gasteiger charge is -2.15. The third kappa shape index (κ3) is 5.17. The molecule has 5 heteroatoms. The summed E-state index contributed by atoms with van der Waals surface area (Å²) in [6.07, 6.45) is 0. The van der Waals surface area contributed by atoms with Gasteiger partial charge >= 0.3 is 0 Å². The van der Waals surface area contributed by atoms with E-state index in [-0.39, 0.29) is 17.3 Å². The predicted octanol–water partition coefficient (Wildman–Crippen LogP) is 3.35. The van der Waals surface area contributed by atoms with Crippen molar-refractivity contribution < 1.29 is 14.4 Å². The van der Waals surface area contributed by atoms with Crippen LogP contribution in [0.2, 0.25) is 0 Å². The highest BCUT2D eigenvalue weighted by atomic mass is 16.2. The first-order chi connectivity index (χ1) is 14.1. The molecule has 3 aromatic rings. The molecule has 0 saturated carbocycles. The quantitative estimate of drug-likeness (QED) is 0.612. The minimum atomic E-state index is -0.744. The fraction of sp³-hybridized carbons (Fsp3) is 0.125. The summed E-state index contributed by atoms with van der Waals surface area (Å²) >= 11 is 0. The van der Waals surface area contributed by atoms with Gasteiger partial charge < -0.3 is 10.6 Å². The van der Waals surface area contributed by atoms with Crippen molar-refractivity contribution in [3.63, 3.8) is 0 Å². The molecule has 3 aromatic carbocycles. The minimum Gasteiger partial charge on any atom is -0.350 e. The van der Waals surface area contributed by atoms with E-state index < -0.39 is 11.9 Å². The lowest BCUT2D eigenvalue weighted by atomic mass is 9.98. The van der Waals surface area contributed by atoms with Crippen LogP contribution in [0.5, 0.6) is 0 Å². The number of carbonyl (C=O) groups is 3. The second kappa shape index (κ2) is 9.46. The third-order valence-corrected chi connectivity index (χ3v) is 4.50. The van der Waals surface area contributed by atoms with E-state index in [0.717, 1.165) is 5.56 Å². The molecule has 1 atom stereocenters. The predicted molar refractivity (Wildman–Crippen MR) is 112 cm³/mol. The Morgan fingerprint density at radius 2 is 1.31 bits per heavy atom. The van der Waals surface area contributed by atoms with Crippen molar-refractivity contribution in [3.05, 3.63) is 107 Å². The first-order valence-corrected chi connectivity index (χ1v) is 9.37. The first kappa shape index (κ1) is 20.0. The molecule has 29 heavy (non-hydrogen) atoms. The van der Waals surface area contributed by atoms with Crippen LogP contribution in [-0.4, -0.2) is 23.6 Å². The molecule has 0 aliphatic carbocycles. The Hall–Kier alpha value is -3.73. The Labute approximate surface area is 169 Å². The van der Waals surface area contributed by atoms with E-state index in [9.17, 15) is 14.4 Å². The highest BCUT2D eigenvalue weighted by molar-refractivity contribution is 6.15. The van der Waals surface area contributed by atoms with Gasteiger partial charge in [-0.3, -0.25) is 14.4 Å². The van der Waals surface area contributed by atoms with Crippen molar-refractivity contribution in [1.29, 1.82) is 0 Å². The van der Waals surface area contributed by atoms with Gasteiger partial charge in [-0.1, -0.05) is 78.9 Å². The highest BCUT2D eigenvalue weighted by Gasteiger charge is 2.21. The van der Waals surface area contributed by atoms with Crippen LogP contribution in [0.3, 0.4) is 0 Å². The van der Waals surface area contributed by atoms with Gasteiger partial charge in [-0.15, -0.1) is 0 Å². The maximum atomic E-state index is 12.8. The maximum absolute atomic E-state index is 12.8. The van der Waals surface area contributed by atoms with Crippen molar-refractivity contribution in [3.8, 4) is 0 Å². The van der Waals surface area contributed by atoms with Gasteiger partial charge in [-0.2, -0.15) is 0 Å². The Balaban J connectivity index is 1.67. The molecule has 0 aliphatic rings.